The van der Waals surface area contributed by atoms with Gasteiger partial charge in [-0.2, -0.15) is 0 Å². The van der Waals surface area contributed by atoms with Gasteiger partial charge in [0.1, 0.15) is 12.7 Å². The summed E-state index contributed by atoms with van der Waals surface area (Å²) in [5.41, 5.74) is -1.07. The van der Waals surface area contributed by atoms with Crippen LogP contribution in [0.5, 0.6) is 0 Å². The van der Waals surface area contributed by atoms with Gasteiger partial charge in [-0.1, -0.05) is 11.8 Å². The summed E-state index contributed by atoms with van der Waals surface area (Å²) >= 11 is 0.705. The van der Waals surface area contributed by atoms with Gasteiger partial charge in [0.05, 0.1) is 0 Å². The quantitative estimate of drug-likeness (QED) is 0.447. The predicted molar refractivity (Wildman–Crippen MR) is 90.2 cm³/mol. The van der Waals surface area contributed by atoms with Crippen molar-refractivity contribution in [3.63, 3.8) is 0 Å². The molecule has 0 aromatic heterocycles. The molecule has 2 unspecified atom stereocenters. The number of hydrogen-bond acceptors (Lipinski definition) is 11. The fourth-order valence-electron chi connectivity index (χ4n) is 2.45. The summed E-state index contributed by atoms with van der Waals surface area (Å²) < 4.78 is 26.2. The van der Waals surface area contributed by atoms with Crippen LogP contribution in [0.25, 0.3) is 0 Å². The highest BCUT2D eigenvalue weighted by atomic mass is 32.2. The minimum Gasteiger partial charge on any atom is -0.463 e. The number of carbonyl (C=O) groups is 5. The maximum Gasteiger partial charge on any atom is 0.303 e. The molecule has 0 aromatic carbocycles. The van der Waals surface area contributed by atoms with E-state index >= 15 is 0 Å². The Morgan fingerprint density at radius 3 is 1.67 bits per heavy atom. The second-order valence-corrected chi connectivity index (χ2v) is 6.95. The molecule has 27 heavy (non-hydrogen) atoms. The molecule has 10 nitrogen and oxygen atoms in total. The molecule has 0 radical (unpaired) electrons. The first-order chi connectivity index (χ1) is 12.5. The Hall–Kier alpha value is -2.14. The van der Waals surface area contributed by atoms with Gasteiger partial charge in [0.2, 0.25) is 0 Å². The molecule has 0 spiro atoms. The highest BCUT2D eigenvalue weighted by molar-refractivity contribution is 8.14. The van der Waals surface area contributed by atoms with Crippen LogP contribution < -0.4 is 0 Å². The minimum absolute atomic E-state index is 0.327. The number of hydrogen-bond donors (Lipinski definition) is 0. The van der Waals surface area contributed by atoms with Crippen LogP contribution in [0, 0.1) is 0 Å². The zero-order valence-corrected chi connectivity index (χ0v) is 16.4. The number of esters is 4. The Labute approximate surface area is 160 Å². The molecule has 5 atom stereocenters. The fraction of sp³-hybridized carbons (Fsp3) is 0.688. The lowest BCUT2D eigenvalue weighted by Gasteiger charge is -2.43. The third kappa shape index (κ3) is 7.55. The molecule has 0 aromatic rings. The summed E-state index contributed by atoms with van der Waals surface area (Å²) in [6.45, 7) is 5.51. The molecule has 1 heterocycles. The number of thioether (sulfide) groups is 1. The molecule has 1 saturated heterocycles. The molecular formula is C16H22O10S. The van der Waals surface area contributed by atoms with Crippen LogP contribution in [0.3, 0.4) is 0 Å². The van der Waals surface area contributed by atoms with Crippen molar-refractivity contribution in [2.75, 3.05) is 6.61 Å². The van der Waals surface area contributed by atoms with E-state index in [1.165, 1.54) is 13.8 Å². The van der Waals surface area contributed by atoms with Gasteiger partial charge in [0.15, 0.2) is 28.9 Å². The van der Waals surface area contributed by atoms with E-state index in [0.29, 0.717) is 11.8 Å². The monoisotopic (exact) mass is 406 g/mol. The average molecular weight is 406 g/mol. The van der Waals surface area contributed by atoms with Gasteiger partial charge in [-0.05, 0) is 0 Å². The van der Waals surface area contributed by atoms with Crippen LogP contribution in [0.1, 0.15) is 34.6 Å². The van der Waals surface area contributed by atoms with Gasteiger partial charge in [-0.15, -0.1) is 0 Å². The molecule has 0 amide bonds. The third-order valence-electron chi connectivity index (χ3n) is 3.23. The number of ether oxygens (including phenoxy) is 5. The van der Waals surface area contributed by atoms with Gasteiger partial charge >= 0.3 is 23.9 Å². The van der Waals surface area contributed by atoms with Crippen molar-refractivity contribution in [2.45, 2.75) is 64.5 Å². The van der Waals surface area contributed by atoms with Gasteiger partial charge < -0.3 is 23.7 Å². The zero-order chi connectivity index (χ0) is 20.7. The highest BCUT2D eigenvalue weighted by Gasteiger charge is 2.52. The van der Waals surface area contributed by atoms with Gasteiger partial charge in [0, 0.05) is 34.6 Å². The van der Waals surface area contributed by atoms with E-state index in [1.54, 1.807) is 0 Å². The van der Waals surface area contributed by atoms with Crippen LogP contribution in [-0.2, 0) is 47.7 Å². The van der Waals surface area contributed by atoms with Crippen molar-refractivity contribution in [2.24, 2.45) is 0 Å². The SMILES string of the molecule is CC(=O)OCC1O[C@@H](SC(C)=O)[C@@H](OC(C)=O)C(OC(C)=O)[C@@H]1OC(C)=O. The van der Waals surface area contributed by atoms with Crippen molar-refractivity contribution < 1.29 is 47.7 Å². The van der Waals surface area contributed by atoms with E-state index in [9.17, 15) is 24.0 Å². The van der Waals surface area contributed by atoms with Gasteiger partial charge in [0.25, 0.3) is 0 Å². The summed E-state index contributed by atoms with van der Waals surface area (Å²) in [7, 11) is 0. The summed E-state index contributed by atoms with van der Waals surface area (Å²) in [4.78, 5) is 57.3. The molecular weight excluding hydrogens is 384 g/mol. The van der Waals surface area contributed by atoms with E-state index in [-0.39, 0.29) is 11.7 Å². The summed E-state index contributed by atoms with van der Waals surface area (Å²) in [6.07, 6.45) is -4.76. The summed E-state index contributed by atoms with van der Waals surface area (Å²) in [5, 5.41) is -0.351. The average Bonchev–Trinajstić information content (AvgIpc) is 2.49. The molecule has 152 valence electrons. The molecule has 0 aliphatic carbocycles. The van der Waals surface area contributed by atoms with Crippen molar-refractivity contribution in [1.29, 1.82) is 0 Å². The van der Waals surface area contributed by atoms with Crippen molar-refractivity contribution in [3.05, 3.63) is 0 Å². The molecule has 1 rings (SSSR count). The lowest BCUT2D eigenvalue weighted by molar-refractivity contribution is -0.237. The number of carbonyl (C=O) groups excluding carboxylic acids is 5. The van der Waals surface area contributed by atoms with Gasteiger partial charge in [-0.25, -0.2) is 0 Å². The van der Waals surface area contributed by atoms with Crippen molar-refractivity contribution >= 4 is 40.8 Å². The highest BCUT2D eigenvalue weighted by Crippen LogP contribution is 2.34. The summed E-state index contributed by atoms with van der Waals surface area (Å²) in [5.74, 6) is -2.76. The Bertz CT molecular complexity index is 604. The summed E-state index contributed by atoms with van der Waals surface area (Å²) in [6, 6.07) is 0. The molecule has 1 aliphatic heterocycles. The first kappa shape index (κ1) is 22.9. The molecule has 1 fully saturated rings. The third-order valence-corrected chi connectivity index (χ3v) is 4.17. The smallest absolute Gasteiger partial charge is 0.303 e. The fourth-order valence-corrected chi connectivity index (χ4v) is 3.32. The maximum absolute atomic E-state index is 11.6. The standard InChI is InChI=1S/C16H22O10S/c1-7(17)22-6-12-13(23-8(2)18)14(24-9(3)19)15(25-10(4)20)16(26-12)27-11(5)21/h12-16H,6H2,1-5H3/t12?,13-,14?,15+,16+/m1/s1. The molecule has 11 heteroatoms. The topological polar surface area (TPSA) is 132 Å². The molecule has 0 bridgehead atoms. The second kappa shape index (κ2) is 10.3. The predicted octanol–water partition coefficient (Wildman–Crippen LogP) is 0.349. The van der Waals surface area contributed by atoms with Crippen LogP contribution in [0.4, 0.5) is 0 Å². The van der Waals surface area contributed by atoms with E-state index < -0.39 is 53.7 Å². The van der Waals surface area contributed by atoms with Crippen molar-refractivity contribution in [3.8, 4) is 0 Å². The van der Waals surface area contributed by atoms with E-state index in [2.05, 4.69) is 0 Å². The first-order valence-electron chi connectivity index (χ1n) is 7.99. The van der Waals surface area contributed by atoms with E-state index in [0.717, 1.165) is 20.8 Å². The Morgan fingerprint density at radius 2 is 1.22 bits per heavy atom. The Balaban J connectivity index is 3.29. The van der Waals surface area contributed by atoms with Crippen molar-refractivity contribution in [1.82, 2.24) is 0 Å². The van der Waals surface area contributed by atoms with Crippen LogP contribution in [0.15, 0.2) is 0 Å². The Kier molecular flexibility index (Phi) is 8.70. The van der Waals surface area contributed by atoms with Gasteiger partial charge in [-0.3, -0.25) is 24.0 Å². The maximum atomic E-state index is 11.6. The van der Waals surface area contributed by atoms with Crippen LogP contribution in [0.2, 0.25) is 0 Å². The normalized spacial score (nSPS) is 27.2. The minimum atomic E-state index is -1.26. The van der Waals surface area contributed by atoms with Crippen LogP contribution in [-0.4, -0.2) is 65.5 Å². The molecule has 1 aliphatic rings. The Morgan fingerprint density at radius 1 is 0.741 bits per heavy atom. The van der Waals surface area contributed by atoms with E-state index in [1.807, 2.05) is 0 Å². The number of rotatable bonds is 6. The molecule has 0 N–H and O–H groups in total. The first-order valence-corrected chi connectivity index (χ1v) is 8.87. The zero-order valence-electron chi connectivity index (χ0n) is 15.6. The second-order valence-electron chi connectivity index (χ2n) is 5.68. The molecule has 0 saturated carbocycles. The van der Waals surface area contributed by atoms with E-state index in [4.69, 9.17) is 23.7 Å². The lowest BCUT2D eigenvalue weighted by Crippen LogP contribution is -2.61. The lowest BCUT2D eigenvalue weighted by atomic mass is 9.99. The van der Waals surface area contributed by atoms with Crippen LogP contribution >= 0.6 is 11.8 Å². The largest absolute Gasteiger partial charge is 0.463 e.